The highest BCUT2D eigenvalue weighted by Gasteiger charge is 2.06. The molecule has 0 saturated heterocycles. The van der Waals surface area contributed by atoms with E-state index in [9.17, 15) is 0 Å². The van der Waals surface area contributed by atoms with Gasteiger partial charge >= 0.3 is 0 Å². The summed E-state index contributed by atoms with van der Waals surface area (Å²) in [7, 11) is 0. The molecule has 0 fully saturated rings. The van der Waals surface area contributed by atoms with Crippen LogP contribution in [-0.4, -0.2) is 16.0 Å². The van der Waals surface area contributed by atoms with Gasteiger partial charge in [-0.3, -0.25) is 9.97 Å². The minimum atomic E-state index is 0.0542. The molecular weight excluding hydrogens is 278 g/mol. The van der Waals surface area contributed by atoms with E-state index in [2.05, 4.69) is 25.9 Å². The van der Waals surface area contributed by atoms with Crippen LogP contribution in [0.3, 0.4) is 0 Å². The van der Waals surface area contributed by atoms with E-state index in [0.717, 1.165) is 28.7 Å². The molecule has 0 radical (unpaired) electrons. The Hall–Kier alpha value is -1.26. The van der Waals surface area contributed by atoms with Gasteiger partial charge in [0.2, 0.25) is 0 Å². The Morgan fingerprint density at radius 1 is 1.06 bits per heavy atom. The van der Waals surface area contributed by atoms with Gasteiger partial charge in [0.15, 0.2) is 0 Å². The van der Waals surface area contributed by atoms with Crippen molar-refractivity contribution in [2.45, 2.75) is 18.9 Å². The van der Waals surface area contributed by atoms with Crippen LogP contribution in [0.25, 0.3) is 0 Å². The highest BCUT2D eigenvalue weighted by Crippen LogP contribution is 2.09. The van der Waals surface area contributed by atoms with E-state index < -0.39 is 0 Å². The molecule has 2 heterocycles. The summed E-state index contributed by atoms with van der Waals surface area (Å²) in [6.07, 6.45) is 5.13. The second-order valence-electron chi connectivity index (χ2n) is 3.96. The van der Waals surface area contributed by atoms with Crippen LogP contribution < -0.4 is 5.73 Å². The van der Waals surface area contributed by atoms with Crippen LogP contribution in [0, 0.1) is 0 Å². The van der Waals surface area contributed by atoms with Crippen molar-refractivity contribution in [2.75, 3.05) is 0 Å². The second kappa shape index (κ2) is 5.89. The van der Waals surface area contributed by atoms with Crippen LogP contribution in [-0.2, 0) is 12.8 Å². The summed E-state index contributed by atoms with van der Waals surface area (Å²) < 4.78 is 0.986. The van der Waals surface area contributed by atoms with Gasteiger partial charge in [-0.15, -0.1) is 0 Å². The molecule has 0 saturated carbocycles. The molecule has 0 aliphatic carbocycles. The first-order chi connectivity index (χ1) is 8.24. The Bertz CT molecular complexity index is 456. The molecule has 3 nitrogen and oxygen atoms in total. The maximum absolute atomic E-state index is 6.08. The summed E-state index contributed by atoms with van der Waals surface area (Å²) in [5, 5.41) is 0. The molecule has 1 unspecified atom stereocenters. The van der Waals surface area contributed by atoms with Crippen molar-refractivity contribution >= 4 is 15.9 Å². The van der Waals surface area contributed by atoms with Crippen molar-refractivity contribution in [1.82, 2.24) is 9.97 Å². The van der Waals surface area contributed by atoms with E-state index in [1.54, 1.807) is 12.4 Å². The smallest absolute Gasteiger partial charge is 0.0420 e. The van der Waals surface area contributed by atoms with Gasteiger partial charge in [-0.25, -0.2) is 0 Å². The Morgan fingerprint density at radius 3 is 2.41 bits per heavy atom. The van der Waals surface area contributed by atoms with Crippen molar-refractivity contribution in [3.8, 4) is 0 Å². The van der Waals surface area contributed by atoms with Crippen molar-refractivity contribution in [3.63, 3.8) is 0 Å². The predicted octanol–water partition coefficient (Wildman–Crippen LogP) is 2.35. The van der Waals surface area contributed by atoms with Crippen LogP contribution in [0.5, 0.6) is 0 Å². The fourth-order valence-electron chi connectivity index (χ4n) is 1.66. The van der Waals surface area contributed by atoms with Gasteiger partial charge in [-0.1, -0.05) is 6.07 Å². The summed E-state index contributed by atoms with van der Waals surface area (Å²) in [6.45, 7) is 0. The lowest BCUT2D eigenvalue weighted by Gasteiger charge is -2.10. The van der Waals surface area contributed by atoms with E-state index in [1.807, 2.05) is 30.3 Å². The van der Waals surface area contributed by atoms with Crippen molar-refractivity contribution in [1.29, 1.82) is 0 Å². The molecule has 2 aromatic rings. The minimum Gasteiger partial charge on any atom is -0.327 e. The Balaban J connectivity index is 1.93. The van der Waals surface area contributed by atoms with E-state index in [-0.39, 0.29) is 6.04 Å². The molecule has 88 valence electrons. The first kappa shape index (κ1) is 12.2. The number of pyridine rings is 2. The number of hydrogen-bond acceptors (Lipinski definition) is 3. The van der Waals surface area contributed by atoms with Crippen LogP contribution in [0.4, 0.5) is 0 Å². The molecule has 1 atom stereocenters. The standard InChI is InChI=1S/C13H14BrN3/c14-10-4-5-13(17-9-10)8-11(15)7-12-3-1-2-6-16-12/h1-6,9,11H,7-8,15H2. The molecule has 2 N–H and O–H groups in total. The molecule has 4 heteroatoms. The lowest BCUT2D eigenvalue weighted by Crippen LogP contribution is -2.26. The number of nitrogens with zero attached hydrogens (tertiary/aromatic N) is 2. The van der Waals surface area contributed by atoms with Gasteiger partial charge in [0.1, 0.15) is 0 Å². The monoisotopic (exact) mass is 291 g/mol. The highest BCUT2D eigenvalue weighted by atomic mass is 79.9. The molecule has 0 aromatic carbocycles. The Kier molecular flexibility index (Phi) is 4.23. The van der Waals surface area contributed by atoms with Gasteiger partial charge in [0.05, 0.1) is 0 Å². The quantitative estimate of drug-likeness (QED) is 0.941. The summed E-state index contributed by atoms with van der Waals surface area (Å²) in [4.78, 5) is 8.58. The zero-order chi connectivity index (χ0) is 12.1. The molecule has 17 heavy (non-hydrogen) atoms. The van der Waals surface area contributed by atoms with Crippen molar-refractivity contribution < 1.29 is 0 Å². The normalized spacial score (nSPS) is 12.4. The highest BCUT2D eigenvalue weighted by molar-refractivity contribution is 9.10. The third-order valence-corrected chi connectivity index (χ3v) is 2.93. The van der Waals surface area contributed by atoms with Crippen LogP contribution in [0.2, 0.25) is 0 Å². The summed E-state index contributed by atoms with van der Waals surface area (Å²) in [5.74, 6) is 0. The van der Waals surface area contributed by atoms with Crippen LogP contribution >= 0.6 is 15.9 Å². The van der Waals surface area contributed by atoms with E-state index in [1.165, 1.54) is 0 Å². The maximum atomic E-state index is 6.08. The van der Waals surface area contributed by atoms with Crippen LogP contribution in [0.1, 0.15) is 11.4 Å². The molecular formula is C13H14BrN3. The van der Waals surface area contributed by atoms with Crippen LogP contribution in [0.15, 0.2) is 47.2 Å². The van der Waals surface area contributed by atoms with Gasteiger partial charge in [-0.05, 0) is 40.2 Å². The third kappa shape index (κ3) is 3.91. The molecule has 0 bridgehead atoms. The number of nitrogens with two attached hydrogens (primary N) is 1. The van der Waals surface area contributed by atoms with Gasteiger partial charge < -0.3 is 5.73 Å². The predicted molar refractivity (Wildman–Crippen MR) is 71.6 cm³/mol. The second-order valence-corrected chi connectivity index (χ2v) is 4.87. The topological polar surface area (TPSA) is 51.8 Å². The molecule has 0 spiro atoms. The zero-order valence-electron chi connectivity index (χ0n) is 9.38. The number of halogens is 1. The Morgan fingerprint density at radius 2 is 1.82 bits per heavy atom. The fraction of sp³-hybridized carbons (Fsp3) is 0.231. The molecule has 0 aliphatic rings. The average molecular weight is 292 g/mol. The maximum Gasteiger partial charge on any atom is 0.0420 e. The molecule has 2 rings (SSSR count). The third-order valence-electron chi connectivity index (χ3n) is 2.46. The summed E-state index contributed by atoms with van der Waals surface area (Å²) in [6, 6.07) is 9.91. The van der Waals surface area contributed by atoms with Crippen molar-refractivity contribution in [3.05, 3.63) is 58.6 Å². The lowest BCUT2D eigenvalue weighted by molar-refractivity contribution is 0.644. The van der Waals surface area contributed by atoms with E-state index >= 15 is 0 Å². The minimum absolute atomic E-state index is 0.0542. The van der Waals surface area contributed by atoms with Gasteiger partial charge in [0.25, 0.3) is 0 Å². The number of hydrogen-bond donors (Lipinski definition) is 1. The van der Waals surface area contributed by atoms with E-state index in [4.69, 9.17) is 5.73 Å². The fourth-order valence-corrected chi connectivity index (χ4v) is 1.89. The van der Waals surface area contributed by atoms with Crippen molar-refractivity contribution in [2.24, 2.45) is 5.73 Å². The average Bonchev–Trinajstić information content (AvgIpc) is 2.33. The molecule has 2 aromatic heterocycles. The first-order valence-corrected chi connectivity index (χ1v) is 6.29. The SMILES string of the molecule is NC(Cc1ccccn1)Cc1ccc(Br)cn1. The Labute approximate surface area is 109 Å². The van der Waals surface area contributed by atoms with Gasteiger partial charge in [-0.2, -0.15) is 0 Å². The summed E-state index contributed by atoms with van der Waals surface area (Å²) >= 11 is 3.36. The molecule has 0 amide bonds. The first-order valence-electron chi connectivity index (χ1n) is 5.50. The lowest BCUT2D eigenvalue weighted by atomic mass is 10.1. The zero-order valence-corrected chi connectivity index (χ0v) is 11.0. The van der Waals surface area contributed by atoms with E-state index in [0.29, 0.717) is 0 Å². The van der Waals surface area contributed by atoms with Gasteiger partial charge in [0, 0.05) is 47.1 Å². The number of aromatic nitrogens is 2. The summed E-state index contributed by atoms with van der Waals surface area (Å²) in [5.41, 5.74) is 8.12. The number of rotatable bonds is 4. The molecule has 0 aliphatic heterocycles. The largest absolute Gasteiger partial charge is 0.327 e.